The van der Waals surface area contributed by atoms with Gasteiger partial charge in [-0.15, -0.1) is 0 Å². The van der Waals surface area contributed by atoms with Crippen molar-refractivity contribution in [3.63, 3.8) is 0 Å². The van der Waals surface area contributed by atoms with Gasteiger partial charge in [0.25, 0.3) is 0 Å². The van der Waals surface area contributed by atoms with Crippen LogP contribution in [0, 0.1) is 16.7 Å². The molecule has 2 fully saturated rings. The van der Waals surface area contributed by atoms with Crippen LogP contribution in [0.1, 0.15) is 80.1 Å². The summed E-state index contributed by atoms with van der Waals surface area (Å²) < 4.78 is 11.6. The third-order valence-electron chi connectivity index (χ3n) is 7.78. The van der Waals surface area contributed by atoms with E-state index >= 15 is 0 Å². The van der Waals surface area contributed by atoms with Gasteiger partial charge in [0.15, 0.2) is 0 Å². The molecule has 5 atom stereocenters. The molecule has 29 heavy (non-hydrogen) atoms. The molecule has 0 aromatic heterocycles. The molecule has 3 aliphatic rings. The van der Waals surface area contributed by atoms with E-state index in [2.05, 4.69) is 27.4 Å². The van der Waals surface area contributed by atoms with E-state index in [1.54, 1.807) is 0 Å². The number of rotatable bonds is 3. The molecule has 0 aromatic carbocycles. The Hall–Kier alpha value is -1.62. The minimum atomic E-state index is -1.19. The molecule has 5 heteroatoms. The first-order chi connectivity index (χ1) is 13.3. The Balaban J connectivity index is 2.20. The Bertz CT molecular complexity index is 765. The molecule has 2 saturated carbocycles. The van der Waals surface area contributed by atoms with E-state index in [4.69, 9.17) is 9.47 Å². The first-order valence-electron chi connectivity index (χ1n) is 10.8. The standard InChI is InChI=1S/C24H36O5/c1-14(2)18-10-11-22(6)13-24(27)15(3)8-9-20(29-17(5)26)23(24,7)12-19(21(18)22)28-16(4)25/h14,19-20,27H,3,8-13H2,1-2,4-7H3. The van der Waals surface area contributed by atoms with E-state index in [-0.39, 0.29) is 17.4 Å². The Morgan fingerprint density at radius 2 is 1.76 bits per heavy atom. The SMILES string of the molecule is C=C1CCC(OC(C)=O)C2(C)CC(OC(C)=O)C3=C(C(C)C)CCC3(C)CC12O. The van der Waals surface area contributed by atoms with Crippen LogP contribution in [0.25, 0.3) is 0 Å². The molecule has 0 spiro atoms. The molecule has 5 nitrogen and oxygen atoms in total. The molecule has 1 N–H and O–H groups in total. The lowest BCUT2D eigenvalue weighted by Gasteiger charge is -2.54. The minimum Gasteiger partial charge on any atom is -0.462 e. The fraction of sp³-hybridized carbons (Fsp3) is 0.750. The van der Waals surface area contributed by atoms with Crippen LogP contribution in [0.3, 0.4) is 0 Å². The van der Waals surface area contributed by atoms with Crippen molar-refractivity contribution in [1.29, 1.82) is 0 Å². The van der Waals surface area contributed by atoms with E-state index < -0.39 is 23.2 Å². The van der Waals surface area contributed by atoms with Crippen LogP contribution >= 0.6 is 0 Å². The van der Waals surface area contributed by atoms with Crippen LogP contribution in [0.5, 0.6) is 0 Å². The lowest BCUT2D eigenvalue weighted by molar-refractivity contribution is -0.185. The van der Waals surface area contributed by atoms with Crippen molar-refractivity contribution in [3.8, 4) is 0 Å². The van der Waals surface area contributed by atoms with Crippen molar-refractivity contribution in [2.75, 3.05) is 0 Å². The van der Waals surface area contributed by atoms with Gasteiger partial charge >= 0.3 is 11.9 Å². The Morgan fingerprint density at radius 3 is 2.31 bits per heavy atom. The van der Waals surface area contributed by atoms with E-state index in [0.29, 0.717) is 31.6 Å². The number of hydrogen-bond acceptors (Lipinski definition) is 5. The number of hydrogen-bond donors (Lipinski definition) is 1. The summed E-state index contributed by atoms with van der Waals surface area (Å²) in [6, 6.07) is 0. The summed E-state index contributed by atoms with van der Waals surface area (Å²) in [5.41, 5.74) is 1.04. The Kier molecular flexibility index (Phi) is 5.53. The summed E-state index contributed by atoms with van der Waals surface area (Å²) in [5, 5.41) is 12.1. The van der Waals surface area contributed by atoms with Gasteiger partial charge in [-0.25, -0.2) is 0 Å². The van der Waals surface area contributed by atoms with Gasteiger partial charge in [-0.2, -0.15) is 0 Å². The summed E-state index contributed by atoms with van der Waals surface area (Å²) in [5.74, 6) is -0.333. The smallest absolute Gasteiger partial charge is 0.303 e. The van der Waals surface area contributed by atoms with Gasteiger partial charge < -0.3 is 14.6 Å². The maximum atomic E-state index is 12.1. The lowest BCUT2D eigenvalue weighted by Crippen LogP contribution is -2.59. The average Bonchev–Trinajstić information content (AvgIpc) is 2.88. The number of ether oxygens (including phenoxy) is 2. The van der Waals surface area contributed by atoms with Crippen molar-refractivity contribution < 1.29 is 24.2 Å². The summed E-state index contributed by atoms with van der Waals surface area (Å²) in [4.78, 5) is 23.9. The normalized spacial score (nSPS) is 39.7. The highest BCUT2D eigenvalue weighted by Gasteiger charge is 2.64. The Labute approximate surface area is 174 Å². The number of aliphatic hydroxyl groups is 1. The summed E-state index contributed by atoms with van der Waals surface area (Å²) in [7, 11) is 0. The van der Waals surface area contributed by atoms with Gasteiger partial charge in [0.05, 0.1) is 5.60 Å². The molecule has 0 saturated heterocycles. The highest BCUT2D eigenvalue weighted by molar-refractivity contribution is 5.67. The van der Waals surface area contributed by atoms with Crippen LogP contribution in [-0.2, 0) is 19.1 Å². The van der Waals surface area contributed by atoms with E-state index in [1.165, 1.54) is 25.0 Å². The van der Waals surface area contributed by atoms with Crippen LogP contribution < -0.4 is 0 Å². The fourth-order valence-corrected chi connectivity index (χ4v) is 6.32. The number of esters is 2. The van der Waals surface area contributed by atoms with Gasteiger partial charge in [-0.1, -0.05) is 39.8 Å². The largest absolute Gasteiger partial charge is 0.462 e. The zero-order valence-corrected chi connectivity index (χ0v) is 18.8. The molecule has 0 heterocycles. The molecule has 0 amide bonds. The molecule has 0 radical (unpaired) electrons. The molecule has 5 unspecified atom stereocenters. The topological polar surface area (TPSA) is 72.8 Å². The second-order valence-corrected chi connectivity index (χ2v) is 10.2. The zero-order valence-electron chi connectivity index (χ0n) is 18.8. The molecule has 0 aliphatic heterocycles. The van der Waals surface area contributed by atoms with Gasteiger partial charge in [0, 0.05) is 25.7 Å². The highest BCUT2D eigenvalue weighted by Crippen LogP contribution is 2.63. The van der Waals surface area contributed by atoms with Gasteiger partial charge in [-0.3, -0.25) is 9.59 Å². The number of fused-ring (bicyclic) bond motifs is 2. The molecular formula is C24H36O5. The van der Waals surface area contributed by atoms with Crippen molar-refractivity contribution in [3.05, 3.63) is 23.3 Å². The number of carbonyl (C=O) groups excluding carboxylic acids is 2. The third kappa shape index (κ3) is 3.45. The summed E-state index contributed by atoms with van der Waals surface area (Å²) in [6.45, 7) is 15.6. The average molecular weight is 405 g/mol. The molecule has 3 rings (SSSR count). The minimum absolute atomic E-state index is 0.284. The maximum Gasteiger partial charge on any atom is 0.303 e. The quantitative estimate of drug-likeness (QED) is 0.554. The van der Waals surface area contributed by atoms with Crippen LogP contribution in [0.2, 0.25) is 0 Å². The zero-order chi connectivity index (χ0) is 21.8. The second kappa shape index (κ2) is 7.26. The predicted molar refractivity (Wildman–Crippen MR) is 111 cm³/mol. The first kappa shape index (κ1) is 22.1. The van der Waals surface area contributed by atoms with Crippen LogP contribution in [-0.4, -0.2) is 34.9 Å². The third-order valence-corrected chi connectivity index (χ3v) is 7.78. The fourth-order valence-electron chi connectivity index (χ4n) is 6.32. The second-order valence-electron chi connectivity index (χ2n) is 10.2. The van der Waals surface area contributed by atoms with E-state index in [0.717, 1.165) is 18.4 Å². The maximum absolute atomic E-state index is 12.1. The molecule has 0 bridgehead atoms. The van der Waals surface area contributed by atoms with Crippen LogP contribution in [0.4, 0.5) is 0 Å². The molecule has 162 valence electrons. The van der Waals surface area contributed by atoms with Gasteiger partial charge in [-0.05, 0) is 54.6 Å². The monoisotopic (exact) mass is 404 g/mol. The summed E-state index contributed by atoms with van der Waals surface area (Å²) in [6.07, 6.45) is 3.16. The van der Waals surface area contributed by atoms with E-state index in [9.17, 15) is 14.7 Å². The van der Waals surface area contributed by atoms with Crippen molar-refractivity contribution in [2.24, 2.45) is 16.7 Å². The van der Waals surface area contributed by atoms with Crippen molar-refractivity contribution >= 4 is 11.9 Å². The molecule has 3 aliphatic carbocycles. The van der Waals surface area contributed by atoms with Gasteiger partial charge in [0.1, 0.15) is 12.2 Å². The van der Waals surface area contributed by atoms with Crippen molar-refractivity contribution in [1.82, 2.24) is 0 Å². The molecule has 0 aromatic rings. The molecular weight excluding hydrogens is 368 g/mol. The van der Waals surface area contributed by atoms with E-state index in [1.807, 2.05) is 6.92 Å². The highest BCUT2D eigenvalue weighted by atomic mass is 16.6. The summed E-state index contributed by atoms with van der Waals surface area (Å²) >= 11 is 0. The number of carbonyl (C=O) groups is 2. The lowest BCUT2D eigenvalue weighted by atomic mass is 9.56. The number of allylic oxidation sites excluding steroid dienone is 1. The Morgan fingerprint density at radius 1 is 1.14 bits per heavy atom. The van der Waals surface area contributed by atoms with Crippen LogP contribution in [0.15, 0.2) is 23.3 Å². The predicted octanol–water partition coefficient (Wildman–Crippen LogP) is 4.48. The van der Waals surface area contributed by atoms with Crippen molar-refractivity contribution in [2.45, 2.75) is 97.9 Å². The first-order valence-corrected chi connectivity index (χ1v) is 10.8. The van der Waals surface area contributed by atoms with Gasteiger partial charge in [0.2, 0.25) is 0 Å².